The first kappa shape index (κ1) is 17.0. The highest BCUT2D eigenvalue weighted by Gasteiger charge is 2.13. The number of ether oxygens (including phenoxy) is 1. The minimum atomic E-state index is -0.853. The third kappa shape index (κ3) is 4.79. The van der Waals surface area contributed by atoms with Gasteiger partial charge in [0, 0.05) is 12.1 Å². The van der Waals surface area contributed by atoms with Gasteiger partial charge in [-0.15, -0.1) is 0 Å². The monoisotopic (exact) mass is 317 g/mol. The number of nitrogens with one attached hydrogen (secondary N) is 1. The van der Waals surface area contributed by atoms with Crippen LogP contribution in [-0.2, 0) is 0 Å². The zero-order valence-corrected chi connectivity index (χ0v) is 13.2. The molecule has 0 aliphatic heterocycles. The second kappa shape index (κ2) is 7.74. The summed E-state index contributed by atoms with van der Waals surface area (Å²) in [7, 11) is 0. The van der Waals surface area contributed by atoms with Crippen LogP contribution in [0.5, 0.6) is 5.75 Å². The van der Waals surface area contributed by atoms with Crippen molar-refractivity contribution in [1.29, 1.82) is 0 Å². The van der Waals surface area contributed by atoms with Crippen molar-refractivity contribution in [3.05, 3.63) is 65.0 Å². The van der Waals surface area contributed by atoms with E-state index in [1.54, 1.807) is 0 Å². The molecular weight excluding hydrogens is 297 g/mol. The van der Waals surface area contributed by atoms with Gasteiger partial charge in [0.1, 0.15) is 24.3 Å². The Balaban J connectivity index is 1.83. The Hall–Kier alpha value is -2.40. The molecule has 4 nitrogen and oxygen atoms in total. The van der Waals surface area contributed by atoms with Gasteiger partial charge in [-0.2, -0.15) is 0 Å². The molecule has 0 aliphatic rings. The maximum Gasteiger partial charge on any atom is 0.251 e. The smallest absolute Gasteiger partial charge is 0.251 e. The van der Waals surface area contributed by atoms with Crippen LogP contribution in [0.25, 0.3) is 0 Å². The first-order valence-corrected chi connectivity index (χ1v) is 7.38. The summed E-state index contributed by atoms with van der Waals surface area (Å²) in [6.45, 7) is 3.83. The average Bonchev–Trinajstić information content (AvgIpc) is 2.52. The van der Waals surface area contributed by atoms with E-state index in [1.807, 2.05) is 32.0 Å². The van der Waals surface area contributed by atoms with Crippen LogP contribution in [0.3, 0.4) is 0 Å². The van der Waals surface area contributed by atoms with Gasteiger partial charge in [-0.25, -0.2) is 4.39 Å². The molecule has 0 bridgehead atoms. The van der Waals surface area contributed by atoms with E-state index >= 15 is 0 Å². The lowest BCUT2D eigenvalue weighted by atomic mass is 10.0. The molecule has 0 aromatic heterocycles. The summed E-state index contributed by atoms with van der Waals surface area (Å²) < 4.78 is 18.1. The fraction of sp³-hybridized carbons (Fsp3) is 0.278. The predicted molar refractivity (Wildman–Crippen MR) is 86.2 cm³/mol. The fourth-order valence-corrected chi connectivity index (χ4v) is 2.25. The third-order valence-corrected chi connectivity index (χ3v) is 3.46. The summed E-state index contributed by atoms with van der Waals surface area (Å²) in [6.07, 6.45) is -0.853. The molecule has 122 valence electrons. The molecule has 2 aromatic carbocycles. The summed E-state index contributed by atoms with van der Waals surface area (Å²) in [5, 5.41) is 12.6. The quantitative estimate of drug-likeness (QED) is 0.861. The number of hydrogen-bond acceptors (Lipinski definition) is 3. The fourth-order valence-electron chi connectivity index (χ4n) is 2.25. The highest BCUT2D eigenvalue weighted by atomic mass is 19.1. The maximum absolute atomic E-state index is 12.8. The Labute approximate surface area is 134 Å². The van der Waals surface area contributed by atoms with E-state index in [-0.39, 0.29) is 24.9 Å². The van der Waals surface area contributed by atoms with Crippen LogP contribution in [0.15, 0.2) is 42.5 Å². The number of aliphatic hydroxyl groups excluding tert-OH is 1. The van der Waals surface area contributed by atoms with Crippen molar-refractivity contribution < 1.29 is 19.0 Å². The normalized spacial score (nSPS) is 11.8. The molecular formula is C18H20FNO3. The van der Waals surface area contributed by atoms with E-state index in [0.29, 0.717) is 11.3 Å². The lowest BCUT2D eigenvalue weighted by Crippen LogP contribution is -2.35. The molecule has 0 fully saturated rings. The topological polar surface area (TPSA) is 58.6 Å². The van der Waals surface area contributed by atoms with Gasteiger partial charge in [0.15, 0.2) is 0 Å². The van der Waals surface area contributed by atoms with Crippen LogP contribution >= 0.6 is 0 Å². The van der Waals surface area contributed by atoms with E-state index in [2.05, 4.69) is 5.32 Å². The van der Waals surface area contributed by atoms with Crippen molar-refractivity contribution in [1.82, 2.24) is 5.32 Å². The van der Waals surface area contributed by atoms with Gasteiger partial charge in [0.2, 0.25) is 0 Å². The standard InChI is InChI=1S/C18H20FNO3/c1-12-4-3-5-13(2)17(12)18(22)20-10-15(21)11-23-16-8-6-14(19)7-9-16/h3-9,15,21H,10-11H2,1-2H3,(H,20,22). The molecule has 2 N–H and O–H groups in total. The van der Waals surface area contributed by atoms with Gasteiger partial charge < -0.3 is 15.2 Å². The van der Waals surface area contributed by atoms with Gasteiger partial charge in [-0.1, -0.05) is 18.2 Å². The Morgan fingerprint density at radius 3 is 2.39 bits per heavy atom. The number of amides is 1. The number of rotatable bonds is 6. The van der Waals surface area contributed by atoms with E-state index in [1.165, 1.54) is 24.3 Å². The highest BCUT2D eigenvalue weighted by Crippen LogP contribution is 2.13. The summed E-state index contributed by atoms with van der Waals surface area (Å²) in [6, 6.07) is 11.2. The second-order valence-corrected chi connectivity index (χ2v) is 5.40. The van der Waals surface area contributed by atoms with Crippen LogP contribution in [-0.4, -0.2) is 30.3 Å². The number of benzene rings is 2. The molecule has 5 heteroatoms. The van der Waals surface area contributed by atoms with E-state index in [9.17, 15) is 14.3 Å². The first-order chi connectivity index (χ1) is 11.0. The Bertz CT molecular complexity index is 650. The predicted octanol–water partition coefficient (Wildman–Crippen LogP) is 2.61. The number of aryl methyl sites for hydroxylation is 2. The largest absolute Gasteiger partial charge is 0.491 e. The van der Waals surface area contributed by atoms with Gasteiger partial charge >= 0.3 is 0 Å². The molecule has 1 atom stereocenters. The van der Waals surface area contributed by atoms with Crippen molar-refractivity contribution in [3.63, 3.8) is 0 Å². The molecule has 1 unspecified atom stereocenters. The maximum atomic E-state index is 12.8. The van der Waals surface area contributed by atoms with Crippen LogP contribution in [0.1, 0.15) is 21.5 Å². The van der Waals surface area contributed by atoms with Crippen LogP contribution < -0.4 is 10.1 Å². The zero-order valence-electron chi connectivity index (χ0n) is 13.2. The van der Waals surface area contributed by atoms with Crippen molar-refractivity contribution in [3.8, 4) is 5.75 Å². The number of carbonyl (C=O) groups excluding carboxylic acids is 1. The molecule has 23 heavy (non-hydrogen) atoms. The van der Waals surface area contributed by atoms with Gasteiger partial charge in [-0.3, -0.25) is 4.79 Å². The molecule has 0 aliphatic carbocycles. The highest BCUT2D eigenvalue weighted by molar-refractivity contribution is 5.97. The molecule has 0 saturated carbocycles. The summed E-state index contributed by atoms with van der Waals surface area (Å²) in [5.41, 5.74) is 2.40. The van der Waals surface area contributed by atoms with Crippen molar-refractivity contribution in [2.75, 3.05) is 13.2 Å². The van der Waals surface area contributed by atoms with Crippen molar-refractivity contribution in [2.24, 2.45) is 0 Å². The van der Waals surface area contributed by atoms with Crippen LogP contribution in [0, 0.1) is 19.7 Å². The van der Waals surface area contributed by atoms with Crippen LogP contribution in [0.2, 0.25) is 0 Å². The van der Waals surface area contributed by atoms with E-state index in [0.717, 1.165) is 11.1 Å². The van der Waals surface area contributed by atoms with E-state index < -0.39 is 6.10 Å². The number of carbonyl (C=O) groups is 1. The minimum Gasteiger partial charge on any atom is -0.491 e. The molecule has 1 amide bonds. The SMILES string of the molecule is Cc1cccc(C)c1C(=O)NCC(O)COc1ccc(F)cc1. The second-order valence-electron chi connectivity index (χ2n) is 5.40. The Morgan fingerprint density at radius 2 is 1.78 bits per heavy atom. The molecule has 2 rings (SSSR count). The van der Waals surface area contributed by atoms with Gasteiger partial charge in [0.05, 0.1) is 0 Å². The van der Waals surface area contributed by atoms with Crippen molar-refractivity contribution in [2.45, 2.75) is 20.0 Å². The molecule has 0 spiro atoms. The van der Waals surface area contributed by atoms with E-state index in [4.69, 9.17) is 4.74 Å². The zero-order chi connectivity index (χ0) is 16.8. The average molecular weight is 317 g/mol. The van der Waals surface area contributed by atoms with Gasteiger partial charge in [0.25, 0.3) is 5.91 Å². The Kier molecular flexibility index (Phi) is 5.71. The first-order valence-electron chi connectivity index (χ1n) is 7.38. The summed E-state index contributed by atoms with van der Waals surface area (Å²) >= 11 is 0. The van der Waals surface area contributed by atoms with Crippen LogP contribution in [0.4, 0.5) is 4.39 Å². The summed E-state index contributed by atoms with van der Waals surface area (Å²) in [5.74, 6) is -0.105. The molecule has 0 saturated heterocycles. The lowest BCUT2D eigenvalue weighted by molar-refractivity contribution is 0.0842. The van der Waals surface area contributed by atoms with Gasteiger partial charge in [-0.05, 0) is 49.2 Å². The minimum absolute atomic E-state index is 0.0126. The summed E-state index contributed by atoms with van der Waals surface area (Å²) in [4.78, 5) is 12.2. The Morgan fingerprint density at radius 1 is 1.17 bits per heavy atom. The molecule has 0 heterocycles. The number of hydrogen-bond donors (Lipinski definition) is 2. The molecule has 2 aromatic rings. The number of halogens is 1. The third-order valence-electron chi connectivity index (χ3n) is 3.46. The number of aliphatic hydroxyl groups is 1. The lowest BCUT2D eigenvalue weighted by Gasteiger charge is -2.15. The van der Waals surface area contributed by atoms with Crippen molar-refractivity contribution >= 4 is 5.91 Å². The molecule has 0 radical (unpaired) electrons.